The van der Waals surface area contributed by atoms with Crippen LogP contribution in [0.1, 0.15) is 11.6 Å². The zero-order valence-corrected chi connectivity index (χ0v) is 12.6. The minimum Gasteiger partial charge on any atom is -0.504 e. The molecule has 0 amide bonds. The molecule has 0 fully saturated rings. The lowest BCUT2D eigenvalue weighted by Crippen LogP contribution is -2.14. The molecular weight excluding hydrogens is 322 g/mol. The second kappa shape index (κ2) is 6.63. The van der Waals surface area contributed by atoms with Gasteiger partial charge in [-0.2, -0.15) is 0 Å². The largest absolute Gasteiger partial charge is 0.504 e. The molecule has 20 heavy (non-hydrogen) atoms. The van der Waals surface area contributed by atoms with E-state index in [0.717, 1.165) is 15.7 Å². The third-order valence-electron chi connectivity index (χ3n) is 2.95. The zero-order chi connectivity index (χ0) is 14.5. The average molecular weight is 338 g/mol. The van der Waals surface area contributed by atoms with Crippen LogP contribution in [0.5, 0.6) is 11.5 Å². The van der Waals surface area contributed by atoms with Gasteiger partial charge in [0.25, 0.3) is 0 Å². The quantitative estimate of drug-likeness (QED) is 0.783. The highest BCUT2D eigenvalue weighted by Crippen LogP contribution is 2.30. The Morgan fingerprint density at radius 1 is 1.25 bits per heavy atom. The Morgan fingerprint density at radius 2 is 2.05 bits per heavy atom. The fourth-order valence-electron chi connectivity index (χ4n) is 1.94. The molecule has 0 aliphatic rings. The molecule has 0 spiro atoms. The second-order valence-corrected chi connectivity index (χ2v) is 5.24. The van der Waals surface area contributed by atoms with Crippen molar-refractivity contribution in [1.29, 1.82) is 0 Å². The van der Waals surface area contributed by atoms with Gasteiger partial charge in [0, 0.05) is 10.2 Å². The first-order valence-corrected chi connectivity index (χ1v) is 6.93. The molecule has 0 bridgehead atoms. The molecule has 1 atom stereocenters. The van der Waals surface area contributed by atoms with Crippen LogP contribution in [0.2, 0.25) is 0 Å². The summed E-state index contributed by atoms with van der Waals surface area (Å²) in [5.74, 6) is 0.465. The monoisotopic (exact) mass is 337 g/mol. The number of phenols is 1. The number of ether oxygens (including phenoxy) is 1. The van der Waals surface area contributed by atoms with Gasteiger partial charge in [0.05, 0.1) is 19.8 Å². The van der Waals surface area contributed by atoms with Crippen molar-refractivity contribution in [3.63, 3.8) is 0 Å². The molecule has 2 rings (SSSR count). The van der Waals surface area contributed by atoms with E-state index in [1.165, 1.54) is 7.11 Å². The molecule has 0 saturated heterocycles. The lowest BCUT2D eigenvalue weighted by Gasteiger charge is -2.19. The minimum absolute atomic E-state index is 0.0551. The van der Waals surface area contributed by atoms with E-state index in [-0.39, 0.29) is 18.4 Å². The maximum atomic E-state index is 9.80. The van der Waals surface area contributed by atoms with Crippen LogP contribution in [-0.4, -0.2) is 23.9 Å². The number of aromatic hydroxyl groups is 1. The van der Waals surface area contributed by atoms with Crippen LogP contribution >= 0.6 is 15.9 Å². The van der Waals surface area contributed by atoms with Gasteiger partial charge in [-0.1, -0.05) is 28.1 Å². The van der Waals surface area contributed by atoms with Gasteiger partial charge in [-0.15, -0.1) is 0 Å². The summed E-state index contributed by atoms with van der Waals surface area (Å²) in [6, 6.07) is 12.4. The first-order valence-electron chi connectivity index (χ1n) is 6.14. The second-order valence-electron chi connectivity index (χ2n) is 4.32. The van der Waals surface area contributed by atoms with Gasteiger partial charge in [-0.25, -0.2) is 0 Å². The maximum Gasteiger partial charge on any atom is 0.160 e. The summed E-state index contributed by atoms with van der Waals surface area (Å²) in [6.45, 7) is -0.0850. The molecule has 0 aliphatic carbocycles. The third-order valence-corrected chi connectivity index (χ3v) is 3.45. The summed E-state index contributed by atoms with van der Waals surface area (Å²) in [5, 5.41) is 22.6. The highest BCUT2D eigenvalue weighted by molar-refractivity contribution is 9.10. The van der Waals surface area contributed by atoms with Crippen molar-refractivity contribution in [1.82, 2.24) is 0 Å². The molecule has 2 aromatic carbocycles. The zero-order valence-electron chi connectivity index (χ0n) is 11.0. The predicted octanol–water partition coefficient (Wildman–Crippen LogP) is 3.31. The van der Waals surface area contributed by atoms with Gasteiger partial charge >= 0.3 is 0 Å². The number of aliphatic hydroxyl groups excluding tert-OH is 1. The minimum atomic E-state index is -0.305. The normalized spacial score (nSPS) is 11.9. The van der Waals surface area contributed by atoms with E-state index in [1.54, 1.807) is 12.1 Å². The highest BCUT2D eigenvalue weighted by Gasteiger charge is 2.13. The van der Waals surface area contributed by atoms with Crippen molar-refractivity contribution in [3.05, 3.63) is 52.5 Å². The van der Waals surface area contributed by atoms with Gasteiger partial charge in [-0.3, -0.25) is 0 Å². The van der Waals surface area contributed by atoms with E-state index in [4.69, 9.17) is 4.74 Å². The lowest BCUT2D eigenvalue weighted by molar-refractivity contribution is 0.276. The molecule has 0 aliphatic heterocycles. The summed E-state index contributed by atoms with van der Waals surface area (Å²) in [4.78, 5) is 0. The fraction of sp³-hybridized carbons (Fsp3) is 0.200. The number of benzene rings is 2. The highest BCUT2D eigenvalue weighted by atomic mass is 79.9. The fourth-order valence-corrected chi connectivity index (χ4v) is 2.34. The molecular formula is C15H16BrNO3. The van der Waals surface area contributed by atoms with Gasteiger partial charge in [0.1, 0.15) is 0 Å². The van der Waals surface area contributed by atoms with E-state index >= 15 is 0 Å². The number of hydrogen-bond acceptors (Lipinski definition) is 4. The third kappa shape index (κ3) is 3.43. The van der Waals surface area contributed by atoms with Gasteiger partial charge in [0.2, 0.25) is 0 Å². The number of hydrogen-bond donors (Lipinski definition) is 3. The number of rotatable bonds is 5. The Morgan fingerprint density at radius 3 is 2.65 bits per heavy atom. The van der Waals surface area contributed by atoms with Crippen molar-refractivity contribution in [2.75, 3.05) is 19.0 Å². The Kier molecular flexibility index (Phi) is 4.87. The van der Waals surface area contributed by atoms with Crippen LogP contribution < -0.4 is 10.1 Å². The van der Waals surface area contributed by atoms with Crippen LogP contribution in [0.3, 0.4) is 0 Å². The molecule has 0 heterocycles. The summed E-state index contributed by atoms with van der Waals surface area (Å²) in [5.41, 5.74) is 1.67. The summed E-state index contributed by atoms with van der Waals surface area (Å²) in [6.07, 6.45) is 0. The van der Waals surface area contributed by atoms with Crippen LogP contribution in [-0.2, 0) is 0 Å². The lowest BCUT2D eigenvalue weighted by atomic mass is 10.1. The van der Waals surface area contributed by atoms with Crippen molar-refractivity contribution >= 4 is 21.6 Å². The van der Waals surface area contributed by atoms with Crippen LogP contribution in [0.15, 0.2) is 46.9 Å². The smallest absolute Gasteiger partial charge is 0.160 e. The van der Waals surface area contributed by atoms with Crippen molar-refractivity contribution < 1.29 is 14.9 Å². The van der Waals surface area contributed by atoms with E-state index in [1.807, 2.05) is 30.3 Å². The Bertz CT molecular complexity index is 589. The molecule has 0 radical (unpaired) electrons. The summed E-state index contributed by atoms with van der Waals surface area (Å²) >= 11 is 3.40. The molecule has 0 saturated carbocycles. The van der Waals surface area contributed by atoms with Gasteiger partial charge < -0.3 is 20.3 Å². The van der Waals surface area contributed by atoms with Crippen molar-refractivity contribution in [2.24, 2.45) is 0 Å². The summed E-state index contributed by atoms with van der Waals surface area (Å²) in [7, 11) is 1.50. The van der Waals surface area contributed by atoms with Gasteiger partial charge in [-0.05, 0) is 35.9 Å². The molecule has 2 aromatic rings. The molecule has 0 aromatic heterocycles. The van der Waals surface area contributed by atoms with E-state index < -0.39 is 0 Å². The molecule has 3 N–H and O–H groups in total. The number of halogens is 1. The first-order chi connectivity index (χ1) is 9.63. The predicted molar refractivity (Wildman–Crippen MR) is 82.3 cm³/mol. The van der Waals surface area contributed by atoms with Crippen LogP contribution in [0.4, 0.5) is 5.69 Å². The number of aliphatic hydroxyl groups is 1. The molecule has 1 unspecified atom stereocenters. The van der Waals surface area contributed by atoms with Crippen molar-refractivity contribution in [3.8, 4) is 11.5 Å². The number of methoxy groups -OCH3 is 1. The van der Waals surface area contributed by atoms with Crippen LogP contribution in [0.25, 0.3) is 0 Å². The molecule has 106 valence electrons. The average Bonchev–Trinajstić information content (AvgIpc) is 2.44. The maximum absolute atomic E-state index is 9.80. The Labute approximate surface area is 126 Å². The Hall–Kier alpha value is -1.72. The molecule has 4 nitrogen and oxygen atoms in total. The Balaban J connectivity index is 2.22. The van der Waals surface area contributed by atoms with Crippen LogP contribution in [0, 0.1) is 0 Å². The van der Waals surface area contributed by atoms with Gasteiger partial charge in [0.15, 0.2) is 11.5 Å². The summed E-state index contributed by atoms with van der Waals surface area (Å²) < 4.78 is 5.96. The first kappa shape index (κ1) is 14.7. The SMILES string of the molecule is COc1ccc(C(CO)Nc2cccc(Br)c2)cc1O. The standard InChI is InChI=1S/C15H16BrNO3/c1-20-15-6-5-10(7-14(15)19)13(9-18)17-12-4-2-3-11(16)8-12/h2-8,13,17-19H,9H2,1H3. The van der Waals surface area contributed by atoms with E-state index in [9.17, 15) is 10.2 Å². The number of nitrogens with one attached hydrogen (secondary N) is 1. The van der Waals surface area contributed by atoms with E-state index in [0.29, 0.717) is 5.75 Å². The molecule has 5 heteroatoms. The topological polar surface area (TPSA) is 61.7 Å². The van der Waals surface area contributed by atoms with Crippen molar-refractivity contribution in [2.45, 2.75) is 6.04 Å². The van der Waals surface area contributed by atoms with E-state index in [2.05, 4.69) is 21.2 Å². The number of phenolic OH excluding ortho intramolecular Hbond substituents is 1. The number of anilines is 1.